The first kappa shape index (κ1) is 13.6. The molecule has 0 aliphatic carbocycles. The summed E-state index contributed by atoms with van der Waals surface area (Å²) < 4.78 is 13.6. The molecule has 90 valence electrons. The molecular formula is C12H18BrFN2. The van der Waals surface area contributed by atoms with E-state index in [-0.39, 0.29) is 5.82 Å². The Morgan fingerprint density at radius 3 is 2.81 bits per heavy atom. The van der Waals surface area contributed by atoms with E-state index in [4.69, 9.17) is 0 Å². The lowest BCUT2D eigenvalue weighted by molar-refractivity contribution is 0.321. The highest BCUT2D eigenvalue weighted by atomic mass is 79.9. The predicted molar refractivity (Wildman–Crippen MR) is 69.0 cm³/mol. The van der Waals surface area contributed by atoms with Gasteiger partial charge in [0.05, 0.1) is 4.47 Å². The third-order valence-corrected chi connectivity index (χ3v) is 3.01. The molecular weight excluding hydrogens is 271 g/mol. The van der Waals surface area contributed by atoms with Crippen LogP contribution in [0.1, 0.15) is 12.0 Å². The molecule has 0 radical (unpaired) electrons. The van der Waals surface area contributed by atoms with Gasteiger partial charge in [0.1, 0.15) is 5.82 Å². The molecule has 0 saturated heterocycles. The summed E-state index contributed by atoms with van der Waals surface area (Å²) in [6, 6.07) is 5.17. The normalized spacial score (nSPS) is 11.1. The maximum absolute atomic E-state index is 13.0. The Kier molecular flexibility index (Phi) is 5.95. The molecule has 0 amide bonds. The minimum atomic E-state index is -0.207. The van der Waals surface area contributed by atoms with Gasteiger partial charge in [-0.2, -0.15) is 0 Å². The van der Waals surface area contributed by atoms with Gasteiger partial charge in [-0.1, -0.05) is 6.07 Å². The van der Waals surface area contributed by atoms with Crippen LogP contribution in [0.25, 0.3) is 0 Å². The second-order valence-electron chi connectivity index (χ2n) is 3.94. The van der Waals surface area contributed by atoms with Crippen molar-refractivity contribution in [1.29, 1.82) is 0 Å². The van der Waals surface area contributed by atoms with Crippen molar-refractivity contribution in [3.8, 4) is 0 Å². The van der Waals surface area contributed by atoms with Crippen molar-refractivity contribution in [2.24, 2.45) is 0 Å². The number of nitrogens with zero attached hydrogens (tertiary/aromatic N) is 1. The molecule has 1 rings (SSSR count). The van der Waals surface area contributed by atoms with Gasteiger partial charge >= 0.3 is 0 Å². The lowest BCUT2D eigenvalue weighted by Crippen LogP contribution is -2.22. The van der Waals surface area contributed by atoms with Crippen LogP contribution in [0.3, 0.4) is 0 Å². The molecule has 0 aliphatic heterocycles. The summed E-state index contributed by atoms with van der Waals surface area (Å²) in [6.07, 6.45) is 1.12. The van der Waals surface area contributed by atoms with Crippen LogP contribution in [0, 0.1) is 5.82 Å². The number of halogens is 2. The molecule has 0 spiro atoms. The standard InChI is InChI=1S/C12H18BrFN2/c1-15-6-3-7-16(2)9-10-4-5-12(14)11(13)8-10/h4-5,8,15H,3,6-7,9H2,1-2H3. The molecule has 1 N–H and O–H groups in total. The molecule has 2 nitrogen and oxygen atoms in total. The Balaban J connectivity index is 2.43. The number of nitrogens with one attached hydrogen (secondary N) is 1. The molecule has 0 heterocycles. The molecule has 0 aromatic heterocycles. The van der Waals surface area contributed by atoms with Crippen LogP contribution in [0.4, 0.5) is 4.39 Å². The monoisotopic (exact) mass is 288 g/mol. The van der Waals surface area contributed by atoms with Crippen LogP contribution in [0.15, 0.2) is 22.7 Å². The molecule has 1 aromatic rings. The second-order valence-corrected chi connectivity index (χ2v) is 4.80. The fourth-order valence-corrected chi connectivity index (χ4v) is 1.98. The topological polar surface area (TPSA) is 15.3 Å². The average Bonchev–Trinajstić information content (AvgIpc) is 2.24. The minimum Gasteiger partial charge on any atom is -0.320 e. The van der Waals surface area contributed by atoms with E-state index >= 15 is 0 Å². The minimum absolute atomic E-state index is 0.207. The summed E-state index contributed by atoms with van der Waals surface area (Å²) in [5, 5.41) is 3.12. The van der Waals surface area contributed by atoms with Gasteiger partial charge in [0.15, 0.2) is 0 Å². The summed E-state index contributed by atoms with van der Waals surface area (Å²) in [5.41, 5.74) is 1.13. The Hall–Kier alpha value is -0.450. The number of benzene rings is 1. The first-order valence-corrected chi connectivity index (χ1v) is 6.20. The van der Waals surface area contributed by atoms with E-state index in [9.17, 15) is 4.39 Å². The van der Waals surface area contributed by atoms with Crippen LogP contribution < -0.4 is 5.32 Å². The van der Waals surface area contributed by atoms with Crippen molar-refractivity contribution in [2.45, 2.75) is 13.0 Å². The largest absolute Gasteiger partial charge is 0.320 e. The third-order valence-electron chi connectivity index (χ3n) is 2.40. The molecule has 0 unspecified atom stereocenters. The zero-order valence-corrected chi connectivity index (χ0v) is 11.3. The molecule has 0 aliphatic rings. The zero-order chi connectivity index (χ0) is 12.0. The second kappa shape index (κ2) is 6.99. The van der Waals surface area contributed by atoms with Crippen LogP contribution in [0.2, 0.25) is 0 Å². The lowest BCUT2D eigenvalue weighted by Gasteiger charge is -2.16. The van der Waals surface area contributed by atoms with E-state index in [2.05, 4.69) is 33.2 Å². The molecule has 4 heteroatoms. The first-order chi connectivity index (χ1) is 7.63. The first-order valence-electron chi connectivity index (χ1n) is 5.40. The fraction of sp³-hybridized carbons (Fsp3) is 0.500. The molecule has 0 bridgehead atoms. The molecule has 16 heavy (non-hydrogen) atoms. The summed E-state index contributed by atoms with van der Waals surface area (Å²) >= 11 is 3.20. The van der Waals surface area contributed by atoms with E-state index < -0.39 is 0 Å². The Morgan fingerprint density at radius 2 is 2.19 bits per heavy atom. The van der Waals surface area contributed by atoms with Crippen molar-refractivity contribution < 1.29 is 4.39 Å². The van der Waals surface area contributed by atoms with Gasteiger partial charge in [-0.3, -0.25) is 0 Å². The third kappa shape index (κ3) is 4.60. The quantitative estimate of drug-likeness (QED) is 0.810. The van der Waals surface area contributed by atoms with Gasteiger partial charge in [-0.25, -0.2) is 4.39 Å². The summed E-state index contributed by atoms with van der Waals surface area (Å²) in [7, 11) is 4.03. The maximum atomic E-state index is 13.0. The van der Waals surface area contributed by atoms with E-state index in [0.29, 0.717) is 4.47 Å². The highest BCUT2D eigenvalue weighted by Crippen LogP contribution is 2.17. The Morgan fingerprint density at radius 1 is 1.44 bits per heavy atom. The smallest absolute Gasteiger partial charge is 0.137 e. The van der Waals surface area contributed by atoms with Gasteiger partial charge in [-0.05, 0) is 67.2 Å². The van der Waals surface area contributed by atoms with Gasteiger partial charge in [0, 0.05) is 6.54 Å². The van der Waals surface area contributed by atoms with E-state index in [1.807, 2.05) is 19.2 Å². The van der Waals surface area contributed by atoms with Crippen molar-refractivity contribution >= 4 is 15.9 Å². The molecule has 0 fully saturated rings. The lowest BCUT2D eigenvalue weighted by atomic mass is 10.2. The van der Waals surface area contributed by atoms with Gasteiger partial charge < -0.3 is 10.2 Å². The molecule has 0 atom stereocenters. The zero-order valence-electron chi connectivity index (χ0n) is 9.76. The number of hydrogen-bond acceptors (Lipinski definition) is 2. The summed E-state index contributed by atoms with van der Waals surface area (Å²) in [5.74, 6) is -0.207. The highest BCUT2D eigenvalue weighted by molar-refractivity contribution is 9.10. The highest BCUT2D eigenvalue weighted by Gasteiger charge is 2.03. The van der Waals surface area contributed by atoms with Gasteiger partial charge in [-0.15, -0.1) is 0 Å². The van der Waals surface area contributed by atoms with Crippen molar-refractivity contribution in [2.75, 3.05) is 27.2 Å². The average molecular weight is 289 g/mol. The van der Waals surface area contributed by atoms with E-state index in [1.54, 1.807) is 0 Å². The number of hydrogen-bond donors (Lipinski definition) is 1. The number of rotatable bonds is 6. The Labute approximate surface area is 105 Å². The molecule has 0 saturated carbocycles. The summed E-state index contributed by atoms with van der Waals surface area (Å²) in [4.78, 5) is 2.23. The van der Waals surface area contributed by atoms with Crippen molar-refractivity contribution in [1.82, 2.24) is 10.2 Å². The molecule has 1 aromatic carbocycles. The summed E-state index contributed by atoms with van der Waals surface area (Å²) in [6.45, 7) is 2.91. The SMILES string of the molecule is CNCCCN(C)Cc1ccc(F)c(Br)c1. The van der Waals surface area contributed by atoms with Crippen LogP contribution in [-0.2, 0) is 6.54 Å². The van der Waals surface area contributed by atoms with Crippen LogP contribution >= 0.6 is 15.9 Å². The van der Waals surface area contributed by atoms with E-state index in [1.165, 1.54) is 6.07 Å². The van der Waals surface area contributed by atoms with Crippen molar-refractivity contribution in [3.05, 3.63) is 34.1 Å². The van der Waals surface area contributed by atoms with Gasteiger partial charge in [0.2, 0.25) is 0 Å². The van der Waals surface area contributed by atoms with E-state index in [0.717, 1.165) is 31.6 Å². The van der Waals surface area contributed by atoms with Crippen molar-refractivity contribution in [3.63, 3.8) is 0 Å². The maximum Gasteiger partial charge on any atom is 0.137 e. The predicted octanol–water partition coefficient (Wildman–Crippen LogP) is 2.63. The fourth-order valence-electron chi connectivity index (χ4n) is 1.55. The van der Waals surface area contributed by atoms with Crippen LogP contribution in [-0.4, -0.2) is 32.1 Å². The van der Waals surface area contributed by atoms with Crippen LogP contribution in [0.5, 0.6) is 0 Å². The van der Waals surface area contributed by atoms with Gasteiger partial charge in [0.25, 0.3) is 0 Å². The Bertz CT molecular complexity index is 331.